The van der Waals surface area contributed by atoms with Gasteiger partial charge in [-0.05, 0) is 38.1 Å². The Kier molecular flexibility index (Phi) is 4.92. The van der Waals surface area contributed by atoms with Gasteiger partial charge >= 0.3 is 11.9 Å². The minimum atomic E-state index is -0.900. The fourth-order valence-electron chi connectivity index (χ4n) is 2.82. The molecule has 1 aliphatic rings. The minimum absolute atomic E-state index is 0.111. The van der Waals surface area contributed by atoms with E-state index in [0.29, 0.717) is 16.5 Å². The van der Waals surface area contributed by atoms with Crippen LogP contribution in [0.3, 0.4) is 0 Å². The zero-order valence-corrected chi connectivity index (χ0v) is 13.9. The first kappa shape index (κ1) is 16.6. The Labute approximate surface area is 144 Å². The van der Waals surface area contributed by atoms with Gasteiger partial charge in [-0.2, -0.15) is 0 Å². The van der Waals surface area contributed by atoms with Crippen molar-refractivity contribution in [1.29, 1.82) is 0 Å². The molecule has 0 bridgehead atoms. The van der Waals surface area contributed by atoms with Gasteiger partial charge in [0.25, 0.3) is 0 Å². The van der Waals surface area contributed by atoms with Gasteiger partial charge in [0, 0.05) is 23.7 Å². The lowest BCUT2D eigenvalue weighted by atomic mass is 10.0. The summed E-state index contributed by atoms with van der Waals surface area (Å²) in [5.41, 5.74) is 0.615. The van der Waals surface area contributed by atoms with Crippen LogP contribution < -0.4 is 10.2 Å². The molecule has 3 rings (SSSR count). The van der Waals surface area contributed by atoms with Crippen molar-refractivity contribution in [3.63, 3.8) is 0 Å². The van der Waals surface area contributed by atoms with E-state index in [1.54, 1.807) is 24.4 Å². The zero-order chi connectivity index (χ0) is 17.1. The van der Waals surface area contributed by atoms with E-state index in [2.05, 4.69) is 20.0 Å². The molecule has 1 aliphatic heterocycles. The third-order valence-electron chi connectivity index (χ3n) is 4.02. The number of rotatable bonds is 2. The molecule has 0 aromatic carbocycles. The second-order valence-corrected chi connectivity index (χ2v) is 5.90. The average Bonchev–Trinajstić information content (AvgIpc) is 2.61. The third-order valence-corrected chi connectivity index (χ3v) is 4.23. The largest absolute Gasteiger partial charge is 0.462 e. The molecule has 0 saturated carbocycles. The summed E-state index contributed by atoms with van der Waals surface area (Å²) in [5.74, 6) is -1.20. The van der Waals surface area contributed by atoms with E-state index in [0.717, 1.165) is 31.3 Å². The molecule has 24 heavy (non-hydrogen) atoms. The molecule has 8 heteroatoms. The van der Waals surface area contributed by atoms with E-state index in [4.69, 9.17) is 11.6 Å². The summed E-state index contributed by atoms with van der Waals surface area (Å²) in [4.78, 5) is 34.3. The molecule has 0 unspecified atom stereocenters. The fraction of sp³-hybridized carbons (Fsp3) is 0.375. The van der Waals surface area contributed by atoms with Gasteiger partial charge in [0.05, 0.1) is 12.6 Å². The summed E-state index contributed by atoms with van der Waals surface area (Å²) in [6.07, 6.45) is 3.09. The van der Waals surface area contributed by atoms with Crippen LogP contribution in [0.5, 0.6) is 0 Å². The van der Waals surface area contributed by atoms with Crippen LogP contribution in [0.1, 0.15) is 12.8 Å². The van der Waals surface area contributed by atoms with Crippen LogP contribution in [0.2, 0.25) is 5.15 Å². The van der Waals surface area contributed by atoms with Crippen LogP contribution in [-0.2, 0) is 14.3 Å². The van der Waals surface area contributed by atoms with E-state index in [1.165, 1.54) is 12.0 Å². The molecule has 1 saturated heterocycles. The van der Waals surface area contributed by atoms with Gasteiger partial charge in [-0.15, -0.1) is 0 Å². The summed E-state index contributed by atoms with van der Waals surface area (Å²) < 4.78 is 4.61. The summed E-state index contributed by atoms with van der Waals surface area (Å²) >= 11 is 5.92. The zero-order valence-electron chi connectivity index (χ0n) is 13.2. The number of aromatic nitrogens is 2. The Balaban J connectivity index is 2.03. The number of amides is 1. The smallest absolute Gasteiger partial charge is 0.397 e. The second kappa shape index (κ2) is 7.11. The average molecular weight is 349 g/mol. The number of carbonyl (C=O) groups excluding carboxylic acids is 2. The molecule has 0 aliphatic carbocycles. The summed E-state index contributed by atoms with van der Waals surface area (Å²) in [7, 11) is 1.19. The van der Waals surface area contributed by atoms with Gasteiger partial charge < -0.3 is 10.1 Å². The molecule has 0 spiro atoms. The number of piperidine rings is 1. The van der Waals surface area contributed by atoms with Gasteiger partial charge in [0.1, 0.15) is 11.0 Å². The third kappa shape index (κ3) is 3.32. The van der Waals surface area contributed by atoms with Crippen molar-refractivity contribution in [2.75, 3.05) is 25.1 Å². The predicted octanol–water partition coefficient (Wildman–Crippen LogP) is 1.54. The lowest BCUT2D eigenvalue weighted by molar-refractivity contribution is -0.151. The molecular formula is C16H17ClN4O3. The number of hydrogen-bond acceptors (Lipinski definition) is 6. The Morgan fingerprint density at radius 3 is 2.79 bits per heavy atom. The Bertz CT molecular complexity index is 777. The molecule has 1 N–H and O–H groups in total. The summed E-state index contributed by atoms with van der Waals surface area (Å²) in [5, 5.41) is 4.36. The Morgan fingerprint density at radius 1 is 1.33 bits per heavy atom. The summed E-state index contributed by atoms with van der Waals surface area (Å²) in [6, 6.07) is 5.03. The van der Waals surface area contributed by atoms with Crippen molar-refractivity contribution in [3.05, 3.63) is 29.5 Å². The van der Waals surface area contributed by atoms with E-state index in [1.807, 2.05) is 0 Å². The molecule has 2 aromatic heterocycles. The van der Waals surface area contributed by atoms with Crippen LogP contribution in [0.4, 0.5) is 5.82 Å². The van der Waals surface area contributed by atoms with Crippen LogP contribution in [0.25, 0.3) is 10.9 Å². The highest BCUT2D eigenvalue weighted by atomic mass is 35.5. The maximum atomic E-state index is 12.5. The number of halogens is 1. The topological polar surface area (TPSA) is 84.4 Å². The molecule has 2 aromatic rings. The Hall–Kier alpha value is -2.25. The van der Waals surface area contributed by atoms with Crippen LogP contribution in [-0.4, -0.2) is 48.1 Å². The van der Waals surface area contributed by atoms with Crippen LogP contribution >= 0.6 is 11.6 Å². The number of anilines is 1. The van der Waals surface area contributed by atoms with Crippen molar-refractivity contribution in [3.8, 4) is 0 Å². The number of ether oxygens (including phenoxy) is 1. The first-order chi connectivity index (χ1) is 11.6. The first-order valence-corrected chi connectivity index (χ1v) is 8.02. The predicted molar refractivity (Wildman–Crippen MR) is 89.9 cm³/mol. The number of nitrogens with zero attached hydrogens (tertiary/aromatic N) is 3. The van der Waals surface area contributed by atoms with E-state index >= 15 is 0 Å². The fourth-order valence-corrected chi connectivity index (χ4v) is 2.97. The number of pyridine rings is 2. The molecule has 1 fully saturated rings. The van der Waals surface area contributed by atoms with Crippen molar-refractivity contribution < 1.29 is 14.3 Å². The number of nitrogens with one attached hydrogen (secondary N) is 1. The van der Waals surface area contributed by atoms with Gasteiger partial charge in [-0.25, -0.2) is 14.8 Å². The van der Waals surface area contributed by atoms with Gasteiger partial charge in [-0.3, -0.25) is 9.69 Å². The number of methoxy groups -OCH3 is 1. The lowest BCUT2D eigenvalue weighted by Crippen LogP contribution is -2.49. The molecule has 126 valence electrons. The van der Waals surface area contributed by atoms with E-state index < -0.39 is 11.9 Å². The number of carbonyl (C=O) groups is 2. The molecule has 1 amide bonds. The van der Waals surface area contributed by atoms with E-state index in [-0.39, 0.29) is 6.04 Å². The highest BCUT2D eigenvalue weighted by Crippen LogP contribution is 2.24. The monoisotopic (exact) mass is 348 g/mol. The standard InChI is InChI=1S/C16H17ClN4O3/c1-24-16(23)15(22)21(11-4-6-18-7-5-11)14-3-2-10-9-19-13(17)8-12(10)20-14/h2-3,8-9,11,18H,4-7H2,1H3. The van der Waals surface area contributed by atoms with Gasteiger partial charge in [-0.1, -0.05) is 11.6 Å². The molecule has 3 heterocycles. The van der Waals surface area contributed by atoms with Gasteiger partial charge in [0.15, 0.2) is 0 Å². The summed E-state index contributed by atoms with van der Waals surface area (Å²) in [6.45, 7) is 1.55. The maximum Gasteiger partial charge on any atom is 0.397 e. The molecule has 7 nitrogen and oxygen atoms in total. The van der Waals surface area contributed by atoms with Crippen molar-refractivity contribution in [2.45, 2.75) is 18.9 Å². The minimum Gasteiger partial charge on any atom is -0.462 e. The molecular weight excluding hydrogens is 332 g/mol. The normalized spacial score (nSPS) is 15.2. The molecule has 0 radical (unpaired) electrons. The lowest BCUT2D eigenvalue weighted by Gasteiger charge is -2.33. The maximum absolute atomic E-state index is 12.5. The van der Waals surface area contributed by atoms with Crippen LogP contribution in [0.15, 0.2) is 24.4 Å². The van der Waals surface area contributed by atoms with Crippen molar-refractivity contribution >= 4 is 40.2 Å². The van der Waals surface area contributed by atoms with Crippen LogP contribution in [0, 0.1) is 0 Å². The van der Waals surface area contributed by atoms with Gasteiger partial charge in [0.2, 0.25) is 0 Å². The number of hydrogen-bond donors (Lipinski definition) is 1. The Morgan fingerprint density at radius 2 is 2.08 bits per heavy atom. The van der Waals surface area contributed by atoms with Crippen molar-refractivity contribution in [2.24, 2.45) is 0 Å². The van der Waals surface area contributed by atoms with E-state index in [9.17, 15) is 9.59 Å². The highest BCUT2D eigenvalue weighted by Gasteiger charge is 2.32. The second-order valence-electron chi connectivity index (χ2n) is 5.52. The SMILES string of the molecule is COC(=O)C(=O)N(c1ccc2cnc(Cl)cc2n1)C1CCNCC1. The first-order valence-electron chi connectivity index (χ1n) is 7.64. The van der Waals surface area contributed by atoms with Crippen molar-refractivity contribution in [1.82, 2.24) is 15.3 Å². The molecule has 0 atom stereocenters. The quantitative estimate of drug-likeness (QED) is 0.503. The number of fused-ring (bicyclic) bond motifs is 1. The highest BCUT2D eigenvalue weighted by molar-refractivity contribution is 6.38. The number of esters is 1.